The molecule has 0 saturated carbocycles. The minimum Gasteiger partial charge on any atom is -0.356 e. The lowest BCUT2D eigenvalue weighted by molar-refractivity contribution is -0.121. The molecular weight excluding hydrogens is 228 g/mol. The van der Waals surface area contributed by atoms with Crippen LogP contribution in [0, 0.1) is 0 Å². The Hall–Kier alpha value is -1.32. The summed E-state index contributed by atoms with van der Waals surface area (Å²) >= 11 is 0. The van der Waals surface area contributed by atoms with Crippen molar-refractivity contribution < 1.29 is 9.59 Å². The zero-order valence-electron chi connectivity index (χ0n) is 11.6. The Bertz CT molecular complexity index is 237. The van der Waals surface area contributed by atoms with Gasteiger partial charge in [-0.05, 0) is 12.8 Å². The van der Waals surface area contributed by atoms with Gasteiger partial charge in [0.1, 0.15) is 0 Å². The van der Waals surface area contributed by atoms with E-state index in [1.54, 1.807) is 12.2 Å². The molecule has 0 aromatic rings. The van der Waals surface area contributed by atoms with Gasteiger partial charge in [0.15, 0.2) is 0 Å². The number of amides is 2. The maximum Gasteiger partial charge on any atom is 0.223 e. The molecule has 2 N–H and O–H groups in total. The molecule has 4 nitrogen and oxygen atoms in total. The summed E-state index contributed by atoms with van der Waals surface area (Å²) in [6.45, 7) is 5.65. The van der Waals surface area contributed by atoms with Crippen LogP contribution in [0.5, 0.6) is 0 Å². The number of nitrogens with one attached hydrogen (secondary N) is 2. The zero-order valence-corrected chi connectivity index (χ0v) is 11.6. The number of unbranched alkanes of at least 4 members (excludes halogenated alkanes) is 2. The summed E-state index contributed by atoms with van der Waals surface area (Å²) in [6.07, 6.45) is 8.38. The van der Waals surface area contributed by atoms with Gasteiger partial charge in [0.05, 0.1) is 0 Å². The van der Waals surface area contributed by atoms with E-state index in [-0.39, 0.29) is 11.8 Å². The molecule has 0 unspecified atom stereocenters. The highest BCUT2D eigenvalue weighted by molar-refractivity contribution is 5.79. The Balaban J connectivity index is 3.51. The fraction of sp³-hybridized carbons (Fsp3) is 0.714. The van der Waals surface area contributed by atoms with Crippen LogP contribution in [-0.2, 0) is 9.59 Å². The van der Waals surface area contributed by atoms with Crippen molar-refractivity contribution in [3.05, 3.63) is 12.2 Å². The van der Waals surface area contributed by atoms with E-state index >= 15 is 0 Å². The van der Waals surface area contributed by atoms with Crippen LogP contribution in [0.25, 0.3) is 0 Å². The number of carbonyl (C=O) groups excluding carboxylic acids is 2. The maximum absolute atomic E-state index is 11.3. The van der Waals surface area contributed by atoms with E-state index in [1.807, 2.05) is 0 Å². The summed E-state index contributed by atoms with van der Waals surface area (Å²) in [6, 6.07) is 0. The smallest absolute Gasteiger partial charge is 0.223 e. The second-order valence-corrected chi connectivity index (χ2v) is 4.29. The van der Waals surface area contributed by atoms with Crippen LogP contribution in [0.15, 0.2) is 12.2 Å². The van der Waals surface area contributed by atoms with E-state index in [9.17, 15) is 9.59 Å². The minimum atomic E-state index is 0.0195. The largest absolute Gasteiger partial charge is 0.356 e. The van der Waals surface area contributed by atoms with Crippen molar-refractivity contribution in [2.24, 2.45) is 0 Å². The predicted molar refractivity (Wildman–Crippen MR) is 74.2 cm³/mol. The third-order valence-electron chi connectivity index (χ3n) is 2.48. The highest BCUT2D eigenvalue weighted by Gasteiger charge is 1.98. The summed E-state index contributed by atoms with van der Waals surface area (Å²) in [4.78, 5) is 22.6. The highest BCUT2D eigenvalue weighted by Crippen LogP contribution is 1.90. The average Bonchev–Trinajstić information content (AvgIpc) is 2.35. The molecule has 0 aliphatic carbocycles. The summed E-state index contributed by atoms with van der Waals surface area (Å²) in [7, 11) is 0. The molecule has 0 spiro atoms. The van der Waals surface area contributed by atoms with Crippen LogP contribution in [0.1, 0.15) is 52.4 Å². The fourth-order valence-electron chi connectivity index (χ4n) is 1.33. The molecule has 0 atom stereocenters. The second-order valence-electron chi connectivity index (χ2n) is 4.29. The molecule has 0 saturated heterocycles. The average molecular weight is 254 g/mol. The van der Waals surface area contributed by atoms with Gasteiger partial charge in [-0.25, -0.2) is 0 Å². The SMILES string of the molecule is CCCCNC(=O)CC=CCC(=O)NCCCC. The molecule has 0 fully saturated rings. The van der Waals surface area contributed by atoms with Crippen molar-refractivity contribution in [3.63, 3.8) is 0 Å². The van der Waals surface area contributed by atoms with Crippen LogP contribution < -0.4 is 10.6 Å². The maximum atomic E-state index is 11.3. The lowest BCUT2D eigenvalue weighted by atomic mass is 10.3. The van der Waals surface area contributed by atoms with Gasteiger partial charge in [-0.1, -0.05) is 38.8 Å². The molecule has 0 aliphatic heterocycles. The number of hydrogen-bond acceptors (Lipinski definition) is 2. The van der Waals surface area contributed by atoms with E-state index in [0.29, 0.717) is 12.8 Å². The van der Waals surface area contributed by atoms with E-state index in [4.69, 9.17) is 0 Å². The summed E-state index contributed by atoms with van der Waals surface area (Å²) in [5, 5.41) is 5.65. The molecule has 0 aromatic heterocycles. The van der Waals surface area contributed by atoms with Gasteiger partial charge in [-0.3, -0.25) is 9.59 Å². The van der Waals surface area contributed by atoms with E-state index < -0.39 is 0 Å². The topological polar surface area (TPSA) is 58.2 Å². The molecule has 2 amide bonds. The molecule has 0 radical (unpaired) electrons. The van der Waals surface area contributed by atoms with Crippen LogP contribution in [0.2, 0.25) is 0 Å². The normalized spacial score (nSPS) is 10.6. The minimum absolute atomic E-state index is 0.0195. The van der Waals surface area contributed by atoms with Gasteiger partial charge in [0, 0.05) is 25.9 Å². The molecule has 104 valence electrons. The van der Waals surface area contributed by atoms with Crippen LogP contribution in [-0.4, -0.2) is 24.9 Å². The van der Waals surface area contributed by atoms with Gasteiger partial charge in [-0.2, -0.15) is 0 Å². The number of carbonyl (C=O) groups is 2. The van der Waals surface area contributed by atoms with Crippen molar-refractivity contribution in [2.75, 3.05) is 13.1 Å². The molecule has 0 rings (SSSR count). The zero-order chi connectivity index (χ0) is 13.6. The van der Waals surface area contributed by atoms with E-state index in [1.165, 1.54) is 0 Å². The first kappa shape index (κ1) is 16.7. The summed E-state index contributed by atoms with van der Waals surface area (Å²) in [5.41, 5.74) is 0. The van der Waals surface area contributed by atoms with E-state index in [2.05, 4.69) is 24.5 Å². The van der Waals surface area contributed by atoms with Crippen LogP contribution in [0.3, 0.4) is 0 Å². The lowest BCUT2D eigenvalue weighted by Crippen LogP contribution is -2.24. The van der Waals surface area contributed by atoms with Gasteiger partial charge >= 0.3 is 0 Å². The summed E-state index contributed by atoms with van der Waals surface area (Å²) in [5.74, 6) is 0.0391. The Labute approximate surface area is 110 Å². The quantitative estimate of drug-likeness (QED) is 0.463. The molecule has 18 heavy (non-hydrogen) atoms. The third-order valence-corrected chi connectivity index (χ3v) is 2.48. The lowest BCUT2D eigenvalue weighted by Gasteiger charge is -2.02. The molecule has 0 aliphatic rings. The van der Waals surface area contributed by atoms with E-state index in [0.717, 1.165) is 38.8 Å². The van der Waals surface area contributed by atoms with Crippen molar-refractivity contribution in [1.82, 2.24) is 10.6 Å². The first-order valence-corrected chi connectivity index (χ1v) is 6.89. The molecule has 4 heteroatoms. The molecular formula is C14H26N2O2. The fourth-order valence-corrected chi connectivity index (χ4v) is 1.33. The van der Waals surface area contributed by atoms with Crippen molar-refractivity contribution in [1.29, 1.82) is 0 Å². The summed E-state index contributed by atoms with van der Waals surface area (Å²) < 4.78 is 0. The number of rotatable bonds is 10. The number of hydrogen-bond donors (Lipinski definition) is 2. The Morgan fingerprint density at radius 3 is 1.56 bits per heavy atom. The van der Waals surface area contributed by atoms with Gasteiger partial charge in [0.2, 0.25) is 11.8 Å². The standard InChI is InChI=1S/C14H26N2O2/c1-3-5-11-15-13(17)9-7-8-10-14(18)16-12-6-4-2/h7-8H,3-6,9-12H2,1-2H3,(H,15,17)(H,16,18). The Morgan fingerprint density at radius 2 is 1.22 bits per heavy atom. The first-order chi connectivity index (χ1) is 8.70. The Morgan fingerprint density at radius 1 is 0.833 bits per heavy atom. The van der Waals surface area contributed by atoms with Crippen molar-refractivity contribution in [2.45, 2.75) is 52.4 Å². The first-order valence-electron chi connectivity index (χ1n) is 6.89. The van der Waals surface area contributed by atoms with Crippen LogP contribution >= 0.6 is 0 Å². The van der Waals surface area contributed by atoms with Gasteiger partial charge in [0.25, 0.3) is 0 Å². The molecule has 0 bridgehead atoms. The Kier molecular flexibility index (Phi) is 11.3. The van der Waals surface area contributed by atoms with Crippen molar-refractivity contribution in [3.8, 4) is 0 Å². The highest BCUT2D eigenvalue weighted by atomic mass is 16.2. The third kappa shape index (κ3) is 11.2. The van der Waals surface area contributed by atoms with Gasteiger partial charge in [-0.15, -0.1) is 0 Å². The molecule has 0 aromatic carbocycles. The molecule has 0 heterocycles. The second kappa shape index (κ2) is 12.1. The van der Waals surface area contributed by atoms with Crippen LogP contribution in [0.4, 0.5) is 0 Å². The van der Waals surface area contributed by atoms with Crippen molar-refractivity contribution >= 4 is 11.8 Å². The monoisotopic (exact) mass is 254 g/mol. The predicted octanol–water partition coefficient (Wildman–Crippen LogP) is 2.16. The van der Waals surface area contributed by atoms with Gasteiger partial charge < -0.3 is 10.6 Å².